The fraction of sp³-hybridized carbons (Fsp3) is 0.344. The van der Waals surface area contributed by atoms with Gasteiger partial charge in [0.25, 0.3) is 0 Å². The van der Waals surface area contributed by atoms with Crippen LogP contribution in [0.2, 0.25) is 0 Å². The average Bonchev–Trinajstić information content (AvgIpc) is 2.90. The van der Waals surface area contributed by atoms with Gasteiger partial charge in [0.1, 0.15) is 11.5 Å². The van der Waals surface area contributed by atoms with E-state index in [1.807, 2.05) is 30.3 Å². The monoisotopic (exact) mass is 470 g/mol. The smallest absolute Gasteiger partial charge is 0.343 e. The lowest BCUT2D eigenvalue weighted by molar-refractivity contribution is 0.0734. The van der Waals surface area contributed by atoms with Crippen LogP contribution in [0.4, 0.5) is 0 Å². The van der Waals surface area contributed by atoms with Gasteiger partial charge in [0.15, 0.2) is 0 Å². The molecule has 0 bridgehead atoms. The number of unbranched alkanes of at least 4 members (excludes halogenated alkanes) is 3. The standard InChI is InChI=1S/C32H38O3/c1-4-6-7-8-9-24-34-30-20-22-31(23-21-30)35-32(33)29-18-16-28(17-19-29)27-14-12-26(13-15-27)11-10-25(3)5-2/h9,12-25H,4-8,10-11H2,1-3H3. The Bertz CT molecular complexity index is 1050. The molecule has 0 spiro atoms. The first-order chi connectivity index (χ1) is 17.1. The lowest BCUT2D eigenvalue weighted by Crippen LogP contribution is -2.08. The lowest BCUT2D eigenvalue weighted by atomic mass is 9.97. The summed E-state index contributed by atoms with van der Waals surface area (Å²) in [5.41, 5.74) is 4.12. The number of carbonyl (C=O) groups excluding carboxylic acids is 1. The Labute approximate surface area is 210 Å². The Kier molecular flexibility index (Phi) is 10.6. The highest BCUT2D eigenvalue weighted by Gasteiger charge is 2.09. The predicted octanol–water partition coefficient (Wildman–Crippen LogP) is 9.02. The first kappa shape index (κ1) is 26.3. The molecule has 0 aliphatic carbocycles. The Hall–Kier alpha value is -3.33. The van der Waals surface area contributed by atoms with E-state index in [4.69, 9.17) is 9.47 Å². The van der Waals surface area contributed by atoms with Crippen LogP contribution in [0.15, 0.2) is 85.1 Å². The van der Waals surface area contributed by atoms with E-state index in [0.29, 0.717) is 17.1 Å². The highest BCUT2D eigenvalue weighted by atomic mass is 16.5. The SMILES string of the molecule is CCCCCC=COc1ccc(OC(=O)c2ccc(-c3ccc(CCC(C)CC)cc3)cc2)cc1. The minimum atomic E-state index is -0.374. The molecule has 0 saturated heterocycles. The second kappa shape index (κ2) is 14.2. The van der Waals surface area contributed by atoms with E-state index in [1.165, 1.54) is 37.7 Å². The van der Waals surface area contributed by atoms with Gasteiger partial charge in [-0.2, -0.15) is 0 Å². The molecule has 0 aliphatic heterocycles. The van der Waals surface area contributed by atoms with Crippen LogP contribution in [-0.2, 0) is 6.42 Å². The molecular formula is C32H38O3. The van der Waals surface area contributed by atoms with Crippen LogP contribution in [0, 0.1) is 5.92 Å². The molecule has 0 N–H and O–H groups in total. The third-order valence-electron chi connectivity index (χ3n) is 6.34. The molecule has 3 nitrogen and oxygen atoms in total. The van der Waals surface area contributed by atoms with E-state index in [0.717, 1.165) is 29.9 Å². The van der Waals surface area contributed by atoms with Crippen molar-refractivity contribution in [3.05, 3.63) is 96.3 Å². The van der Waals surface area contributed by atoms with E-state index in [2.05, 4.69) is 45.0 Å². The molecule has 1 unspecified atom stereocenters. The number of carbonyl (C=O) groups is 1. The van der Waals surface area contributed by atoms with E-state index >= 15 is 0 Å². The van der Waals surface area contributed by atoms with Gasteiger partial charge in [-0.05, 0) is 90.8 Å². The van der Waals surface area contributed by atoms with Crippen molar-refractivity contribution < 1.29 is 14.3 Å². The molecule has 3 heteroatoms. The summed E-state index contributed by atoms with van der Waals surface area (Å²) in [6.45, 7) is 6.74. The Balaban J connectivity index is 1.51. The fourth-order valence-electron chi connectivity index (χ4n) is 3.74. The highest BCUT2D eigenvalue weighted by Crippen LogP contribution is 2.23. The maximum absolute atomic E-state index is 12.6. The lowest BCUT2D eigenvalue weighted by Gasteiger charge is -2.09. The van der Waals surface area contributed by atoms with Gasteiger partial charge in [0.05, 0.1) is 11.8 Å². The van der Waals surface area contributed by atoms with E-state index < -0.39 is 0 Å². The average molecular weight is 471 g/mol. The van der Waals surface area contributed by atoms with Gasteiger partial charge in [-0.25, -0.2) is 4.79 Å². The third kappa shape index (κ3) is 8.75. The quantitative estimate of drug-likeness (QED) is 0.108. The summed E-state index contributed by atoms with van der Waals surface area (Å²) < 4.78 is 11.1. The van der Waals surface area contributed by atoms with Crippen molar-refractivity contribution in [1.82, 2.24) is 0 Å². The predicted molar refractivity (Wildman–Crippen MR) is 145 cm³/mol. The Morgan fingerprint density at radius 1 is 0.829 bits per heavy atom. The molecule has 1 atom stereocenters. The van der Waals surface area contributed by atoms with Crippen molar-refractivity contribution in [2.24, 2.45) is 5.92 Å². The summed E-state index contributed by atoms with van der Waals surface area (Å²) in [6.07, 6.45) is 12.0. The van der Waals surface area contributed by atoms with Gasteiger partial charge in [0, 0.05) is 0 Å². The molecule has 3 aromatic rings. The van der Waals surface area contributed by atoms with Crippen LogP contribution in [0.5, 0.6) is 11.5 Å². The summed E-state index contributed by atoms with van der Waals surface area (Å²) in [5, 5.41) is 0. The van der Waals surface area contributed by atoms with Gasteiger partial charge in [-0.1, -0.05) is 76.4 Å². The van der Waals surface area contributed by atoms with E-state index in [-0.39, 0.29) is 5.97 Å². The van der Waals surface area contributed by atoms with Gasteiger partial charge in [-0.15, -0.1) is 0 Å². The zero-order valence-corrected chi connectivity index (χ0v) is 21.3. The Morgan fingerprint density at radius 2 is 1.46 bits per heavy atom. The second-order valence-electron chi connectivity index (χ2n) is 9.17. The van der Waals surface area contributed by atoms with Gasteiger partial charge in [0.2, 0.25) is 0 Å². The van der Waals surface area contributed by atoms with Crippen molar-refractivity contribution in [2.75, 3.05) is 0 Å². The molecule has 0 radical (unpaired) electrons. The summed E-state index contributed by atoms with van der Waals surface area (Å²) in [7, 11) is 0. The normalized spacial score (nSPS) is 12.0. The van der Waals surface area contributed by atoms with Crippen LogP contribution in [0.25, 0.3) is 11.1 Å². The summed E-state index contributed by atoms with van der Waals surface area (Å²) in [5.74, 6) is 1.59. The van der Waals surface area contributed by atoms with Crippen molar-refractivity contribution in [2.45, 2.75) is 65.7 Å². The molecule has 0 aromatic heterocycles. The van der Waals surface area contributed by atoms with Crippen molar-refractivity contribution in [1.29, 1.82) is 0 Å². The van der Waals surface area contributed by atoms with Crippen LogP contribution < -0.4 is 9.47 Å². The first-order valence-electron chi connectivity index (χ1n) is 12.9. The molecule has 0 heterocycles. The molecule has 0 amide bonds. The van der Waals surface area contributed by atoms with E-state index in [9.17, 15) is 4.79 Å². The summed E-state index contributed by atoms with van der Waals surface area (Å²) in [6, 6.07) is 23.4. The molecule has 0 aliphatic rings. The van der Waals surface area contributed by atoms with Crippen LogP contribution >= 0.6 is 0 Å². The van der Waals surface area contributed by atoms with E-state index in [1.54, 1.807) is 30.5 Å². The zero-order valence-electron chi connectivity index (χ0n) is 21.3. The number of esters is 1. The second-order valence-corrected chi connectivity index (χ2v) is 9.17. The first-order valence-corrected chi connectivity index (χ1v) is 12.9. The fourth-order valence-corrected chi connectivity index (χ4v) is 3.74. The molecule has 184 valence electrons. The minimum absolute atomic E-state index is 0.374. The van der Waals surface area contributed by atoms with Crippen molar-refractivity contribution in [3.8, 4) is 22.6 Å². The molecule has 0 fully saturated rings. The van der Waals surface area contributed by atoms with Crippen LogP contribution in [0.3, 0.4) is 0 Å². The maximum atomic E-state index is 12.6. The van der Waals surface area contributed by atoms with Gasteiger partial charge >= 0.3 is 5.97 Å². The van der Waals surface area contributed by atoms with Gasteiger partial charge in [-0.3, -0.25) is 0 Å². The summed E-state index contributed by atoms with van der Waals surface area (Å²) >= 11 is 0. The largest absolute Gasteiger partial charge is 0.465 e. The maximum Gasteiger partial charge on any atom is 0.343 e. The van der Waals surface area contributed by atoms with Crippen molar-refractivity contribution in [3.63, 3.8) is 0 Å². The Morgan fingerprint density at radius 3 is 2.09 bits per heavy atom. The molecule has 3 rings (SSSR count). The third-order valence-corrected chi connectivity index (χ3v) is 6.34. The molecule has 3 aromatic carbocycles. The molecule has 35 heavy (non-hydrogen) atoms. The zero-order chi connectivity index (χ0) is 24.9. The number of hydrogen-bond acceptors (Lipinski definition) is 3. The number of aryl methyl sites for hydroxylation is 1. The number of benzene rings is 3. The number of rotatable bonds is 13. The minimum Gasteiger partial charge on any atom is -0.465 e. The van der Waals surface area contributed by atoms with Crippen LogP contribution in [0.1, 0.15) is 75.2 Å². The molecular weight excluding hydrogens is 432 g/mol. The van der Waals surface area contributed by atoms with Crippen LogP contribution in [-0.4, -0.2) is 5.97 Å². The highest BCUT2D eigenvalue weighted by molar-refractivity contribution is 5.91. The van der Waals surface area contributed by atoms with Gasteiger partial charge < -0.3 is 9.47 Å². The number of allylic oxidation sites excluding steroid dienone is 1. The number of hydrogen-bond donors (Lipinski definition) is 0. The molecule has 0 saturated carbocycles. The summed E-state index contributed by atoms with van der Waals surface area (Å²) in [4.78, 5) is 12.6. The van der Waals surface area contributed by atoms with Crippen molar-refractivity contribution >= 4 is 5.97 Å². The number of ether oxygens (including phenoxy) is 2. The topological polar surface area (TPSA) is 35.5 Å².